The number of nitrogen functional groups attached to an aromatic ring is 1. The minimum Gasteiger partial charge on any atom is -0.398 e. The largest absolute Gasteiger partial charge is 0.398 e. The summed E-state index contributed by atoms with van der Waals surface area (Å²) in [5.74, 6) is 0.641. The van der Waals surface area contributed by atoms with Crippen molar-refractivity contribution in [2.75, 3.05) is 23.7 Å². The lowest BCUT2D eigenvalue weighted by molar-refractivity contribution is 0.775. The van der Waals surface area contributed by atoms with Gasteiger partial charge in [0, 0.05) is 30.4 Å². The quantitative estimate of drug-likeness (QED) is 0.828. The van der Waals surface area contributed by atoms with Gasteiger partial charge in [-0.1, -0.05) is 36.4 Å². The summed E-state index contributed by atoms with van der Waals surface area (Å²) in [5.41, 5.74) is 10.8. The van der Waals surface area contributed by atoms with Gasteiger partial charge in [-0.3, -0.25) is 0 Å². The SMILES string of the molecule is Cc1c(N)cccc1N1CCC(c2ccccc2)C1. The summed E-state index contributed by atoms with van der Waals surface area (Å²) in [7, 11) is 0. The molecule has 2 nitrogen and oxygen atoms in total. The maximum atomic E-state index is 6.01. The van der Waals surface area contributed by atoms with Gasteiger partial charge in [0.2, 0.25) is 0 Å². The van der Waals surface area contributed by atoms with Crippen LogP contribution in [0.15, 0.2) is 48.5 Å². The Hall–Kier alpha value is -1.96. The van der Waals surface area contributed by atoms with Gasteiger partial charge in [0.1, 0.15) is 0 Å². The van der Waals surface area contributed by atoms with Crippen molar-refractivity contribution >= 4 is 11.4 Å². The summed E-state index contributed by atoms with van der Waals surface area (Å²) in [6, 6.07) is 17.0. The maximum absolute atomic E-state index is 6.01. The highest BCUT2D eigenvalue weighted by Crippen LogP contribution is 2.33. The molecule has 2 heteroatoms. The molecule has 19 heavy (non-hydrogen) atoms. The van der Waals surface area contributed by atoms with Crippen LogP contribution in [0.5, 0.6) is 0 Å². The van der Waals surface area contributed by atoms with E-state index in [0.717, 1.165) is 18.8 Å². The second-order valence-corrected chi connectivity index (χ2v) is 5.33. The van der Waals surface area contributed by atoms with Crippen LogP contribution in [0.2, 0.25) is 0 Å². The van der Waals surface area contributed by atoms with E-state index < -0.39 is 0 Å². The Morgan fingerprint density at radius 2 is 1.84 bits per heavy atom. The average molecular weight is 252 g/mol. The molecule has 0 aliphatic carbocycles. The van der Waals surface area contributed by atoms with Gasteiger partial charge < -0.3 is 10.6 Å². The minimum absolute atomic E-state index is 0.641. The third-order valence-electron chi connectivity index (χ3n) is 4.15. The van der Waals surface area contributed by atoms with Crippen molar-refractivity contribution in [2.45, 2.75) is 19.3 Å². The third kappa shape index (κ3) is 2.30. The fourth-order valence-corrected chi connectivity index (χ4v) is 2.96. The van der Waals surface area contributed by atoms with Gasteiger partial charge in [-0.05, 0) is 36.6 Å². The molecule has 1 atom stereocenters. The Morgan fingerprint density at radius 3 is 2.63 bits per heavy atom. The Kier molecular flexibility index (Phi) is 3.16. The molecule has 2 aromatic rings. The Bertz CT molecular complexity index is 563. The zero-order valence-electron chi connectivity index (χ0n) is 11.3. The Labute approximate surface area is 114 Å². The molecule has 3 rings (SSSR count). The van der Waals surface area contributed by atoms with Crippen LogP contribution in [-0.4, -0.2) is 13.1 Å². The first kappa shape index (κ1) is 12.1. The molecule has 1 aliphatic rings. The fraction of sp³-hybridized carbons (Fsp3) is 0.294. The predicted octanol–water partition coefficient (Wildman–Crippen LogP) is 3.57. The number of rotatable bonds is 2. The van der Waals surface area contributed by atoms with E-state index in [0.29, 0.717) is 5.92 Å². The van der Waals surface area contributed by atoms with E-state index >= 15 is 0 Å². The van der Waals surface area contributed by atoms with E-state index in [1.54, 1.807) is 0 Å². The van der Waals surface area contributed by atoms with Gasteiger partial charge in [-0.2, -0.15) is 0 Å². The molecule has 0 bridgehead atoms. The van der Waals surface area contributed by atoms with Crippen molar-refractivity contribution in [3.8, 4) is 0 Å². The molecule has 1 aliphatic heterocycles. The standard InChI is InChI=1S/C17H20N2/c1-13-16(18)8-5-9-17(13)19-11-10-15(12-19)14-6-3-2-4-7-14/h2-9,15H,10-12,18H2,1H3. The van der Waals surface area contributed by atoms with Crippen molar-refractivity contribution < 1.29 is 0 Å². The molecule has 0 amide bonds. The lowest BCUT2D eigenvalue weighted by Gasteiger charge is -2.22. The Morgan fingerprint density at radius 1 is 1.05 bits per heavy atom. The summed E-state index contributed by atoms with van der Waals surface area (Å²) in [6.07, 6.45) is 1.22. The van der Waals surface area contributed by atoms with Gasteiger partial charge in [0.25, 0.3) is 0 Å². The van der Waals surface area contributed by atoms with Crippen LogP contribution in [0, 0.1) is 6.92 Å². The smallest absolute Gasteiger partial charge is 0.0416 e. The third-order valence-corrected chi connectivity index (χ3v) is 4.15. The summed E-state index contributed by atoms with van der Waals surface area (Å²) < 4.78 is 0. The van der Waals surface area contributed by atoms with Crippen LogP contribution < -0.4 is 10.6 Å². The van der Waals surface area contributed by atoms with Crippen LogP contribution in [0.4, 0.5) is 11.4 Å². The molecule has 1 unspecified atom stereocenters. The van der Waals surface area contributed by atoms with E-state index in [-0.39, 0.29) is 0 Å². The summed E-state index contributed by atoms with van der Waals surface area (Å²) in [6.45, 7) is 4.32. The van der Waals surface area contributed by atoms with Crippen LogP contribution in [0.1, 0.15) is 23.5 Å². The van der Waals surface area contributed by atoms with E-state index in [9.17, 15) is 0 Å². The zero-order chi connectivity index (χ0) is 13.2. The van der Waals surface area contributed by atoms with Crippen molar-refractivity contribution in [3.63, 3.8) is 0 Å². The molecule has 2 aromatic carbocycles. The molecule has 1 fully saturated rings. The molecule has 0 spiro atoms. The van der Waals surface area contributed by atoms with Crippen molar-refractivity contribution in [1.29, 1.82) is 0 Å². The highest BCUT2D eigenvalue weighted by atomic mass is 15.2. The zero-order valence-corrected chi connectivity index (χ0v) is 11.3. The molecule has 0 saturated carbocycles. The summed E-state index contributed by atoms with van der Waals surface area (Å²) >= 11 is 0. The molecular weight excluding hydrogens is 232 g/mol. The molecule has 0 aromatic heterocycles. The minimum atomic E-state index is 0.641. The van der Waals surface area contributed by atoms with Crippen molar-refractivity contribution in [2.24, 2.45) is 0 Å². The van der Waals surface area contributed by atoms with E-state index in [1.165, 1.54) is 23.2 Å². The average Bonchev–Trinajstić information content (AvgIpc) is 2.92. The number of benzene rings is 2. The molecular formula is C17H20N2. The monoisotopic (exact) mass is 252 g/mol. The van der Waals surface area contributed by atoms with E-state index in [2.05, 4.69) is 48.2 Å². The van der Waals surface area contributed by atoms with Gasteiger partial charge in [0.15, 0.2) is 0 Å². The highest BCUT2D eigenvalue weighted by molar-refractivity contribution is 5.64. The predicted molar refractivity (Wildman–Crippen MR) is 81.6 cm³/mol. The van der Waals surface area contributed by atoms with Crippen LogP contribution in [-0.2, 0) is 0 Å². The van der Waals surface area contributed by atoms with Gasteiger partial charge >= 0.3 is 0 Å². The van der Waals surface area contributed by atoms with Crippen LogP contribution in [0.25, 0.3) is 0 Å². The molecule has 1 saturated heterocycles. The van der Waals surface area contributed by atoms with Crippen molar-refractivity contribution in [1.82, 2.24) is 0 Å². The van der Waals surface area contributed by atoms with E-state index in [1.807, 2.05) is 12.1 Å². The number of hydrogen-bond donors (Lipinski definition) is 1. The van der Waals surface area contributed by atoms with Crippen LogP contribution >= 0.6 is 0 Å². The van der Waals surface area contributed by atoms with Gasteiger partial charge in [0.05, 0.1) is 0 Å². The maximum Gasteiger partial charge on any atom is 0.0416 e. The van der Waals surface area contributed by atoms with Crippen LogP contribution in [0.3, 0.4) is 0 Å². The molecule has 2 N–H and O–H groups in total. The highest BCUT2D eigenvalue weighted by Gasteiger charge is 2.24. The van der Waals surface area contributed by atoms with Gasteiger partial charge in [-0.25, -0.2) is 0 Å². The molecule has 0 radical (unpaired) electrons. The second-order valence-electron chi connectivity index (χ2n) is 5.33. The first-order chi connectivity index (χ1) is 9.25. The molecule has 1 heterocycles. The number of nitrogens with zero attached hydrogens (tertiary/aromatic N) is 1. The summed E-state index contributed by atoms with van der Waals surface area (Å²) in [4.78, 5) is 2.46. The number of anilines is 2. The normalized spacial score (nSPS) is 18.8. The number of nitrogens with two attached hydrogens (primary N) is 1. The topological polar surface area (TPSA) is 29.3 Å². The first-order valence-electron chi connectivity index (χ1n) is 6.90. The Balaban J connectivity index is 1.81. The second kappa shape index (κ2) is 4.96. The summed E-state index contributed by atoms with van der Waals surface area (Å²) in [5, 5.41) is 0. The lowest BCUT2D eigenvalue weighted by Crippen LogP contribution is -2.20. The molecule has 98 valence electrons. The lowest BCUT2D eigenvalue weighted by atomic mass is 9.99. The van der Waals surface area contributed by atoms with Gasteiger partial charge in [-0.15, -0.1) is 0 Å². The number of hydrogen-bond acceptors (Lipinski definition) is 2. The first-order valence-corrected chi connectivity index (χ1v) is 6.90. The van der Waals surface area contributed by atoms with E-state index in [4.69, 9.17) is 5.73 Å². The van der Waals surface area contributed by atoms with Crippen molar-refractivity contribution in [3.05, 3.63) is 59.7 Å². The fourth-order valence-electron chi connectivity index (χ4n) is 2.96.